The van der Waals surface area contributed by atoms with Crippen molar-refractivity contribution >= 4 is 33.4 Å². The van der Waals surface area contributed by atoms with Crippen molar-refractivity contribution in [3.8, 4) is 5.75 Å². The molecule has 0 bridgehead atoms. The molecule has 2 rings (SSSR count). The van der Waals surface area contributed by atoms with Gasteiger partial charge in [-0.2, -0.15) is 0 Å². The highest BCUT2D eigenvalue weighted by molar-refractivity contribution is 9.10. The Kier molecular flexibility index (Phi) is 6.53. The van der Waals surface area contributed by atoms with Gasteiger partial charge in [-0.05, 0) is 54.9 Å². The third-order valence-corrected chi connectivity index (χ3v) is 4.81. The maximum Gasteiger partial charge on any atom is 0.260 e. The molecule has 24 heavy (non-hydrogen) atoms. The van der Waals surface area contributed by atoms with Crippen molar-refractivity contribution in [2.24, 2.45) is 0 Å². The SMILES string of the molecule is C[C@H]1CN(C(=O)COc2ccc(Cl)cc2Br)CCN1CC(C)(C)O. The monoisotopic (exact) mass is 418 g/mol. The molecule has 1 aromatic carbocycles. The number of hydrogen-bond acceptors (Lipinski definition) is 4. The van der Waals surface area contributed by atoms with E-state index >= 15 is 0 Å². The quantitative estimate of drug-likeness (QED) is 0.797. The summed E-state index contributed by atoms with van der Waals surface area (Å²) >= 11 is 9.27. The summed E-state index contributed by atoms with van der Waals surface area (Å²) in [7, 11) is 0. The van der Waals surface area contributed by atoms with Crippen molar-refractivity contribution in [3.05, 3.63) is 27.7 Å². The van der Waals surface area contributed by atoms with E-state index in [9.17, 15) is 9.90 Å². The van der Waals surface area contributed by atoms with Crippen LogP contribution >= 0.6 is 27.5 Å². The predicted octanol–water partition coefficient (Wildman–Crippen LogP) is 2.78. The number of aliphatic hydroxyl groups is 1. The third kappa shape index (κ3) is 5.62. The van der Waals surface area contributed by atoms with Gasteiger partial charge in [0.1, 0.15) is 5.75 Å². The molecule has 0 radical (unpaired) electrons. The molecule has 1 aliphatic rings. The third-order valence-electron chi connectivity index (χ3n) is 3.95. The summed E-state index contributed by atoms with van der Waals surface area (Å²) in [4.78, 5) is 16.4. The average Bonchev–Trinajstić information content (AvgIpc) is 2.47. The van der Waals surface area contributed by atoms with Crippen LogP contribution in [0.2, 0.25) is 5.02 Å². The first-order valence-electron chi connectivity index (χ1n) is 7.98. The number of β-amino-alcohol motifs (C(OH)–C–C–N with tert-alkyl or cyclic N) is 1. The van der Waals surface area contributed by atoms with E-state index in [1.165, 1.54) is 0 Å². The summed E-state index contributed by atoms with van der Waals surface area (Å²) in [6.45, 7) is 8.31. The van der Waals surface area contributed by atoms with Gasteiger partial charge in [-0.25, -0.2) is 0 Å². The molecule has 5 nitrogen and oxygen atoms in total. The van der Waals surface area contributed by atoms with E-state index < -0.39 is 5.60 Å². The number of carbonyl (C=O) groups excluding carboxylic acids is 1. The van der Waals surface area contributed by atoms with Gasteiger partial charge in [-0.1, -0.05) is 11.6 Å². The van der Waals surface area contributed by atoms with E-state index in [-0.39, 0.29) is 18.6 Å². The summed E-state index contributed by atoms with van der Waals surface area (Å²) in [6.07, 6.45) is 0. The molecule has 1 aromatic rings. The Bertz CT molecular complexity index is 592. The maximum absolute atomic E-state index is 12.4. The Balaban J connectivity index is 1.86. The van der Waals surface area contributed by atoms with Crippen molar-refractivity contribution in [1.29, 1.82) is 0 Å². The van der Waals surface area contributed by atoms with Gasteiger partial charge in [-0.3, -0.25) is 9.69 Å². The minimum atomic E-state index is -0.732. The van der Waals surface area contributed by atoms with Gasteiger partial charge >= 0.3 is 0 Å². The summed E-state index contributed by atoms with van der Waals surface area (Å²) in [5.41, 5.74) is -0.732. The standard InChI is InChI=1S/C17H24BrClN2O3/c1-12-9-20(6-7-21(12)11-17(2,3)23)16(22)10-24-15-5-4-13(19)8-14(15)18/h4-5,8,12,23H,6-7,9-11H2,1-3H3/t12-/m0/s1. The van der Waals surface area contributed by atoms with E-state index in [0.29, 0.717) is 30.4 Å². The van der Waals surface area contributed by atoms with Gasteiger partial charge in [-0.15, -0.1) is 0 Å². The number of hydrogen-bond donors (Lipinski definition) is 1. The summed E-state index contributed by atoms with van der Waals surface area (Å²) < 4.78 is 6.33. The molecule has 1 atom stereocenters. The zero-order valence-electron chi connectivity index (χ0n) is 14.3. The highest BCUT2D eigenvalue weighted by Gasteiger charge is 2.29. The predicted molar refractivity (Wildman–Crippen MR) is 98.6 cm³/mol. The van der Waals surface area contributed by atoms with Gasteiger partial charge in [0.2, 0.25) is 0 Å². The molecule has 1 heterocycles. The molecule has 134 valence electrons. The molecule has 1 fully saturated rings. The smallest absolute Gasteiger partial charge is 0.260 e. The second-order valence-corrected chi connectivity index (χ2v) is 8.13. The van der Waals surface area contributed by atoms with Crippen LogP contribution < -0.4 is 4.74 Å². The topological polar surface area (TPSA) is 53.0 Å². The first kappa shape index (κ1) is 19.5. The zero-order valence-corrected chi connectivity index (χ0v) is 16.6. The molecule has 0 unspecified atom stereocenters. The summed E-state index contributed by atoms with van der Waals surface area (Å²) in [5.74, 6) is 0.563. The minimum absolute atomic E-state index is 0.00154. The number of ether oxygens (including phenoxy) is 1. The number of amides is 1. The van der Waals surface area contributed by atoms with E-state index in [4.69, 9.17) is 16.3 Å². The summed E-state index contributed by atoms with van der Waals surface area (Å²) in [5, 5.41) is 10.6. The number of rotatable bonds is 5. The molecule has 1 aliphatic heterocycles. The van der Waals surface area contributed by atoms with Crippen molar-refractivity contribution in [1.82, 2.24) is 9.80 Å². The van der Waals surface area contributed by atoms with Gasteiger partial charge in [0.15, 0.2) is 6.61 Å². The molecule has 7 heteroatoms. The van der Waals surface area contributed by atoms with E-state index in [1.807, 2.05) is 4.90 Å². The molecule has 1 N–H and O–H groups in total. The van der Waals surface area contributed by atoms with Crippen LogP contribution in [0.25, 0.3) is 0 Å². The maximum atomic E-state index is 12.4. The summed E-state index contributed by atoms with van der Waals surface area (Å²) in [6, 6.07) is 5.41. The first-order chi connectivity index (χ1) is 11.2. The molecular weight excluding hydrogens is 396 g/mol. The van der Waals surface area contributed by atoms with Crippen molar-refractivity contribution in [3.63, 3.8) is 0 Å². The molecule has 0 spiro atoms. The van der Waals surface area contributed by atoms with Crippen LogP contribution in [0.4, 0.5) is 0 Å². The van der Waals surface area contributed by atoms with Crippen molar-refractivity contribution in [2.75, 3.05) is 32.8 Å². The van der Waals surface area contributed by atoms with E-state index in [1.54, 1.807) is 32.0 Å². The Morgan fingerprint density at radius 2 is 2.17 bits per heavy atom. The highest BCUT2D eigenvalue weighted by atomic mass is 79.9. The number of nitrogens with zero attached hydrogens (tertiary/aromatic N) is 2. The van der Waals surface area contributed by atoms with Crippen molar-refractivity contribution in [2.45, 2.75) is 32.4 Å². The van der Waals surface area contributed by atoms with Crippen LogP contribution in [0.3, 0.4) is 0 Å². The normalized spacial score (nSPS) is 19.4. The number of halogens is 2. The Labute approximate surface area is 156 Å². The molecule has 0 aliphatic carbocycles. The van der Waals surface area contributed by atoms with Gasteiger partial charge in [0.05, 0.1) is 10.1 Å². The van der Waals surface area contributed by atoms with Gasteiger partial charge in [0.25, 0.3) is 5.91 Å². The molecule has 0 aromatic heterocycles. The van der Waals surface area contributed by atoms with Crippen molar-refractivity contribution < 1.29 is 14.6 Å². The Hall–Kier alpha value is -0.820. The Morgan fingerprint density at radius 3 is 2.75 bits per heavy atom. The van der Waals surface area contributed by atoms with Crippen LogP contribution in [0.1, 0.15) is 20.8 Å². The fourth-order valence-corrected chi connectivity index (χ4v) is 3.57. The fraction of sp³-hybridized carbons (Fsp3) is 0.588. The van der Waals surface area contributed by atoms with E-state index in [0.717, 1.165) is 11.0 Å². The minimum Gasteiger partial charge on any atom is -0.483 e. The molecule has 1 saturated heterocycles. The number of benzene rings is 1. The molecule has 0 saturated carbocycles. The van der Waals surface area contributed by atoms with Crippen LogP contribution in [-0.4, -0.2) is 65.2 Å². The van der Waals surface area contributed by atoms with Crippen LogP contribution in [0, 0.1) is 0 Å². The van der Waals surface area contributed by atoms with Gasteiger partial charge in [0, 0.05) is 37.2 Å². The lowest BCUT2D eigenvalue weighted by Crippen LogP contribution is -2.57. The lowest BCUT2D eigenvalue weighted by Gasteiger charge is -2.42. The van der Waals surface area contributed by atoms with Crippen LogP contribution in [-0.2, 0) is 4.79 Å². The average molecular weight is 420 g/mol. The lowest BCUT2D eigenvalue weighted by atomic mass is 10.1. The second-order valence-electron chi connectivity index (χ2n) is 6.84. The first-order valence-corrected chi connectivity index (χ1v) is 9.15. The molecular formula is C17H24BrClN2O3. The van der Waals surface area contributed by atoms with Crippen LogP contribution in [0.15, 0.2) is 22.7 Å². The molecule has 1 amide bonds. The largest absolute Gasteiger partial charge is 0.483 e. The number of piperazine rings is 1. The second kappa shape index (κ2) is 8.04. The van der Waals surface area contributed by atoms with E-state index in [2.05, 4.69) is 27.8 Å². The fourth-order valence-electron chi connectivity index (χ4n) is 2.78. The van der Waals surface area contributed by atoms with Crippen LogP contribution in [0.5, 0.6) is 5.75 Å². The highest BCUT2D eigenvalue weighted by Crippen LogP contribution is 2.28. The zero-order chi connectivity index (χ0) is 17.9. The van der Waals surface area contributed by atoms with Gasteiger partial charge < -0.3 is 14.7 Å². The Morgan fingerprint density at radius 1 is 1.46 bits per heavy atom. The number of carbonyl (C=O) groups is 1. The lowest BCUT2D eigenvalue weighted by molar-refractivity contribution is -0.136.